The van der Waals surface area contributed by atoms with Crippen molar-refractivity contribution in [2.24, 2.45) is 0 Å². The van der Waals surface area contributed by atoms with Crippen LogP contribution in [0, 0.1) is 5.82 Å². The molecule has 0 atom stereocenters. The zero-order valence-electron chi connectivity index (χ0n) is 12.7. The smallest absolute Gasteiger partial charge is 0.258 e. The molecule has 0 spiro atoms. The predicted molar refractivity (Wildman–Crippen MR) is 84.3 cm³/mol. The quantitative estimate of drug-likeness (QED) is 0.578. The van der Waals surface area contributed by atoms with E-state index in [-0.39, 0.29) is 17.7 Å². The van der Waals surface area contributed by atoms with Crippen LogP contribution < -0.4 is 5.32 Å². The van der Waals surface area contributed by atoms with Crippen molar-refractivity contribution in [2.45, 2.75) is 6.42 Å². The summed E-state index contributed by atoms with van der Waals surface area (Å²) in [6.07, 6.45) is 2.03. The number of nitrogens with zero attached hydrogens (tertiary/aromatic N) is 6. The Morgan fingerprint density at radius 1 is 1.24 bits per heavy atom. The van der Waals surface area contributed by atoms with Gasteiger partial charge in [-0.2, -0.15) is 4.98 Å². The first-order valence-corrected chi connectivity index (χ1v) is 7.32. The number of hydrogen-bond donors (Lipinski definition) is 2. The largest absolute Gasteiger partial charge is 0.289 e. The van der Waals surface area contributed by atoms with E-state index in [0.717, 1.165) is 5.56 Å². The Kier molecular flexibility index (Phi) is 3.61. The SMILES string of the molecule is O=C(Nc1n[nH]c(Cc2ccc(F)cc2)n1)c1ccn2nnnc2c1. The first-order chi connectivity index (χ1) is 12.2. The summed E-state index contributed by atoms with van der Waals surface area (Å²) in [5, 5.41) is 20.3. The highest BCUT2D eigenvalue weighted by Crippen LogP contribution is 2.10. The van der Waals surface area contributed by atoms with Crippen LogP contribution >= 0.6 is 0 Å². The number of hydrogen-bond acceptors (Lipinski definition) is 6. The molecule has 1 amide bonds. The van der Waals surface area contributed by atoms with E-state index >= 15 is 0 Å². The fourth-order valence-electron chi connectivity index (χ4n) is 2.28. The summed E-state index contributed by atoms with van der Waals surface area (Å²) >= 11 is 0. The number of tetrazole rings is 1. The average Bonchev–Trinajstić information content (AvgIpc) is 3.25. The van der Waals surface area contributed by atoms with Crippen molar-refractivity contribution in [1.82, 2.24) is 35.2 Å². The number of amides is 1. The molecule has 4 rings (SSSR count). The summed E-state index contributed by atoms with van der Waals surface area (Å²) in [7, 11) is 0. The Bertz CT molecular complexity index is 1040. The minimum absolute atomic E-state index is 0.154. The van der Waals surface area contributed by atoms with E-state index in [1.165, 1.54) is 16.6 Å². The third kappa shape index (κ3) is 3.17. The summed E-state index contributed by atoms with van der Waals surface area (Å²) < 4.78 is 14.4. The van der Waals surface area contributed by atoms with Crippen molar-refractivity contribution in [2.75, 3.05) is 5.32 Å². The number of benzene rings is 1. The molecule has 0 bridgehead atoms. The van der Waals surface area contributed by atoms with E-state index < -0.39 is 0 Å². The number of halogens is 1. The van der Waals surface area contributed by atoms with Gasteiger partial charge in [0.2, 0.25) is 5.95 Å². The molecule has 0 unspecified atom stereocenters. The molecule has 10 heteroatoms. The molecule has 1 aromatic carbocycles. The molecule has 9 nitrogen and oxygen atoms in total. The molecule has 0 fully saturated rings. The lowest BCUT2D eigenvalue weighted by Crippen LogP contribution is -2.13. The lowest BCUT2D eigenvalue weighted by molar-refractivity contribution is 0.102. The highest BCUT2D eigenvalue weighted by atomic mass is 19.1. The van der Waals surface area contributed by atoms with Gasteiger partial charge in [0.05, 0.1) is 0 Å². The molecule has 0 radical (unpaired) electrons. The number of anilines is 1. The van der Waals surface area contributed by atoms with E-state index in [1.807, 2.05) is 0 Å². The number of aromatic nitrogens is 7. The molecule has 0 aliphatic carbocycles. The van der Waals surface area contributed by atoms with Crippen molar-refractivity contribution in [3.63, 3.8) is 0 Å². The second-order valence-electron chi connectivity index (χ2n) is 5.26. The van der Waals surface area contributed by atoms with Crippen LogP contribution in [0.5, 0.6) is 0 Å². The van der Waals surface area contributed by atoms with Crippen molar-refractivity contribution in [3.05, 3.63) is 65.4 Å². The molecule has 25 heavy (non-hydrogen) atoms. The van der Waals surface area contributed by atoms with Gasteiger partial charge < -0.3 is 0 Å². The van der Waals surface area contributed by atoms with Gasteiger partial charge in [-0.25, -0.2) is 8.91 Å². The molecule has 3 heterocycles. The fraction of sp³-hybridized carbons (Fsp3) is 0.0667. The van der Waals surface area contributed by atoms with Gasteiger partial charge in [0, 0.05) is 18.2 Å². The van der Waals surface area contributed by atoms with E-state index in [2.05, 4.69) is 36.0 Å². The normalized spacial score (nSPS) is 10.9. The van der Waals surface area contributed by atoms with Crippen LogP contribution in [0.2, 0.25) is 0 Å². The summed E-state index contributed by atoms with van der Waals surface area (Å²) in [5.74, 6) is 0.0348. The molecular weight excluding hydrogens is 327 g/mol. The third-order valence-electron chi connectivity index (χ3n) is 3.50. The zero-order chi connectivity index (χ0) is 17.2. The second kappa shape index (κ2) is 6.07. The zero-order valence-corrected chi connectivity index (χ0v) is 12.7. The van der Waals surface area contributed by atoms with Gasteiger partial charge in [-0.1, -0.05) is 12.1 Å². The van der Waals surface area contributed by atoms with Gasteiger partial charge >= 0.3 is 0 Å². The van der Waals surface area contributed by atoms with Crippen LogP contribution in [0.1, 0.15) is 21.7 Å². The molecule has 0 saturated carbocycles. The van der Waals surface area contributed by atoms with Crippen LogP contribution in [0.3, 0.4) is 0 Å². The molecule has 0 aliphatic rings. The monoisotopic (exact) mass is 338 g/mol. The number of carbonyl (C=O) groups is 1. The molecule has 0 aliphatic heterocycles. The minimum atomic E-state index is -0.377. The number of H-pyrrole nitrogens is 1. The Morgan fingerprint density at radius 3 is 2.92 bits per heavy atom. The highest BCUT2D eigenvalue weighted by Gasteiger charge is 2.11. The summed E-state index contributed by atoms with van der Waals surface area (Å²) in [4.78, 5) is 16.5. The van der Waals surface area contributed by atoms with Crippen LogP contribution in [-0.2, 0) is 6.42 Å². The maximum Gasteiger partial charge on any atom is 0.258 e. The minimum Gasteiger partial charge on any atom is -0.289 e. The predicted octanol–water partition coefficient (Wildman–Crippen LogP) is 1.22. The van der Waals surface area contributed by atoms with Gasteiger partial charge in [-0.15, -0.1) is 10.2 Å². The van der Waals surface area contributed by atoms with Crippen LogP contribution in [0.25, 0.3) is 5.65 Å². The van der Waals surface area contributed by atoms with E-state index in [9.17, 15) is 9.18 Å². The van der Waals surface area contributed by atoms with Gasteiger partial charge in [0.15, 0.2) is 5.65 Å². The molecule has 124 valence electrons. The van der Waals surface area contributed by atoms with Crippen LogP contribution in [0.15, 0.2) is 42.6 Å². The molecule has 0 saturated heterocycles. The first-order valence-electron chi connectivity index (χ1n) is 7.32. The first kappa shape index (κ1) is 14.9. The highest BCUT2D eigenvalue weighted by molar-refractivity contribution is 6.03. The second-order valence-corrected chi connectivity index (χ2v) is 5.26. The third-order valence-corrected chi connectivity index (χ3v) is 3.50. The summed E-state index contributed by atoms with van der Waals surface area (Å²) in [6.45, 7) is 0. The van der Waals surface area contributed by atoms with Crippen LogP contribution in [0.4, 0.5) is 10.3 Å². The van der Waals surface area contributed by atoms with E-state index in [1.54, 1.807) is 30.5 Å². The van der Waals surface area contributed by atoms with E-state index in [0.29, 0.717) is 23.5 Å². The van der Waals surface area contributed by atoms with Crippen LogP contribution in [-0.4, -0.2) is 41.1 Å². The van der Waals surface area contributed by atoms with Crippen molar-refractivity contribution >= 4 is 17.5 Å². The van der Waals surface area contributed by atoms with Crippen molar-refractivity contribution < 1.29 is 9.18 Å². The molecule has 4 aromatic rings. The van der Waals surface area contributed by atoms with E-state index in [4.69, 9.17) is 0 Å². The van der Waals surface area contributed by atoms with Gasteiger partial charge in [-0.3, -0.25) is 15.2 Å². The Labute approximate surface area is 139 Å². The molecule has 2 N–H and O–H groups in total. The van der Waals surface area contributed by atoms with Crippen molar-refractivity contribution in [3.8, 4) is 0 Å². The fourth-order valence-corrected chi connectivity index (χ4v) is 2.28. The number of nitrogens with one attached hydrogen (secondary N) is 2. The maximum atomic E-state index is 12.9. The summed E-state index contributed by atoms with van der Waals surface area (Å²) in [5.41, 5.74) is 1.71. The number of aromatic amines is 1. The summed E-state index contributed by atoms with van der Waals surface area (Å²) in [6, 6.07) is 9.23. The number of pyridine rings is 1. The Balaban J connectivity index is 1.46. The molecule has 3 aromatic heterocycles. The standard InChI is InChI=1S/C15H11FN8O/c16-11-3-1-9(2-4-11)7-12-17-15(21-19-12)18-14(25)10-5-6-24-13(8-10)20-22-23-24/h1-6,8H,7H2,(H2,17,18,19,21,25). The Hall–Kier alpha value is -3.69. The van der Waals surface area contributed by atoms with Gasteiger partial charge in [0.25, 0.3) is 5.91 Å². The number of fused-ring (bicyclic) bond motifs is 1. The lowest BCUT2D eigenvalue weighted by atomic mass is 10.1. The number of rotatable bonds is 4. The van der Waals surface area contributed by atoms with Gasteiger partial charge in [-0.05, 0) is 40.3 Å². The molecular formula is C15H11FN8O. The lowest BCUT2D eigenvalue weighted by Gasteiger charge is -2.00. The average molecular weight is 338 g/mol. The number of carbonyl (C=O) groups excluding carboxylic acids is 1. The van der Waals surface area contributed by atoms with Gasteiger partial charge in [0.1, 0.15) is 11.6 Å². The Morgan fingerprint density at radius 2 is 2.08 bits per heavy atom. The maximum absolute atomic E-state index is 12.9. The van der Waals surface area contributed by atoms with Crippen molar-refractivity contribution in [1.29, 1.82) is 0 Å². The topological polar surface area (TPSA) is 114 Å².